The molecule has 7 nitrogen and oxygen atoms in total. The van der Waals surface area contributed by atoms with E-state index in [4.69, 9.17) is 21.4 Å². The van der Waals surface area contributed by atoms with Gasteiger partial charge in [-0.15, -0.1) is 0 Å². The molecule has 2 fully saturated rings. The van der Waals surface area contributed by atoms with Crippen molar-refractivity contribution in [3.05, 3.63) is 82.6 Å². The Labute approximate surface area is 295 Å². The Balaban J connectivity index is 1.21. The van der Waals surface area contributed by atoms with Crippen molar-refractivity contribution < 1.29 is 19.7 Å². The number of carbonyl (C=O) groups is 1. The predicted molar refractivity (Wildman–Crippen MR) is 197 cm³/mol. The van der Waals surface area contributed by atoms with E-state index in [1.54, 1.807) is 11.8 Å². The van der Waals surface area contributed by atoms with Crippen LogP contribution in [0.1, 0.15) is 93.7 Å². The van der Waals surface area contributed by atoms with Crippen molar-refractivity contribution in [2.75, 3.05) is 31.7 Å². The van der Waals surface area contributed by atoms with E-state index >= 15 is 0 Å². The first-order valence-corrected chi connectivity index (χ1v) is 19.4. The Hall–Kier alpha value is -2.62. The summed E-state index contributed by atoms with van der Waals surface area (Å²) in [6.45, 7) is 4.24. The van der Waals surface area contributed by atoms with Crippen LogP contribution < -0.4 is 10.1 Å². The first kappa shape index (κ1) is 36.7. The maximum Gasteiger partial charge on any atom is 0.251 e. The molecular weight excluding hydrogens is 642 g/mol. The second kappa shape index (κ2) is 17.9. The predicted octanol–water partition coefficient (Wildman–Crippen LogP) is 7.71. The number of aliphatic hydroxyl groups is 2. The molecular formula is C39H52ClN3O4S. The molecule has 0 bridgehead atoms. The largest absolute Gasteiger partial charge is 0.490 e. The highest BCUT2D eigenvalue weighted by Gasteiger charge is 2.46. The molecule has 2 saturated carbocycles. The number of amides is 1. The second-order valence-electron chi connectivity index (χ2n) is 13.5. The van der Waals surface area contributed by atoms with Crippen molar-refractivity contribution in [2.24, 2.45) is 0 Å². The minimum absolute atomic E-state index is 0.0796. The molecule has 2 aliphatic carbocycles. The number of aliphatic hydroxyl groups excluding tert-OH is 2. The molecule has 1 heterocycles. The molecule has 48 heavy (non-hydrogen) atoms. The van der Waals surface area contributed by atoms with Gasteiger partial charge in [-0.25, -0.2) is 0 Å². The van der Waals surface area contributed by atoms with Gasteiger partial charge in [0, 0.05) is 54.8 Å². The van der Waals surface area contributed by atoms with E-state index in [1.807, 2.05) is 29.4 Å². The van der Waals surface area contributed by atoms with Gasteiger partial charge in [0.1, 0.15) is 11.9 Å². The average molecular weight is 694 g/mol. The number of carbonyl (C=O) groups excluding carboxylic acids is 1. The zero-order valence-corrected chi connectivity index (χ0v) is 30.1. The quantitative estimate of drug-likeness (QED) is 0.0984. The Morgan fingerprint density at radius 2 is 1.88 bits per heavy atom. The van der Waals surface area contributed by atoms with Crippen LogP contribution in [0.5, 0.6) is 5.75 Å². The van der Waals surface area contributed by atoms with Crippen LogP contribution in [0.3, 0.4) is 0 Å². The Morgan fingerprint density at radius 3 is 2.62 bits per heavy atom. The first-order valence-electron chi connectivity index (χ1n) is 17.7. The van der Waals surface area contributed by atoms with Gasteiger partial charge in [-0.2, -0.15) is 11.8 Å². The van der Waals surface area contributed by atoms with Crippen molar-refractivity contribution in [1.29, 1.82) is 0 Å². The highest BCUT2D eigenvalue weighted by molar-refractivity contribution is 7.98. The summed E-state index contributed by atoms with van der Waals surface area (Å²) < 4.78 is 6.29. The number of para-hydroxylation sites is 1. The van der Waals surface area contributed by atoms with Crippen LogP contribution in [0.2, 0.25) is 5.02 Å². The standard InChI is InChI=1S/C39H52ClN3O4S/c1-28(9-7-21-43(22-8-24-48-2)38(46)36(45)11-5-6-23-44)29-13-16-35(40)30(25-29)26-42-39(18-19-39)34-27-41-20-17-32(34)33-10-3-4-12-37(33)47-31-14-15-31/h3-4,10,12-13,16-17,20,25,27-28,31,36,42,44-45H,5-9,11,14-15,18-19,21-24,26H2,1-2H3. The first-order chi connectivity index (χ1) is 23.3. The van der Waals surface area contributed by atoms with E-state index in [-0.39, 0.29) is 18.1 Å². The van der Waals surface area contributed by atoms with Crippen LogP contribution in [-0.4, -0.2) is 69.9 Å². The lowest BCUT2D eigenvalue weighted by Crippen LogP contribution is -2.40. The molecule has 0 saturated heterocycles. The van der Waals surface area contributed by atoms with Gasteiger partial charge < -0.3 is 25.2 Å². The average Bonchev–Trinajstić information content (AvgIpc) is 4.05. The van der Waals surface area contributed by atoms with Crippen LogP contribution in [0.15, 0.2) is 60.9 Å². The molecule has 1 amide bonds. The van der Waals surface area contributed by atoms with Crippen LogP contribution in [-0.2, 0) is 16.9 Å². The van der Waals surface area contributed by atoms with Crippen molar-refractivity contribution in [3.8, 4) is 16.9 Å². The zero-order chi connectivity index (χ0) is 33.9. The lowest BCUT2D eigenvalue weighted by Gasteiger charge is -2.26. The van der Waals surface area contributed by atoms with Gasteiger partial charge in [-0.1, -0.05) is 48.9 Å². The van der Waals surface area contributed by atoms with Crippen LogP contribution >= 0.6 is 23.4 Å². The number of benzene rings is 2. The summed E-state index contributed by atoms with van der Waals surface area (Å²) >= 11 is 8.53. The Kier molecular flexibility index (Phi) is 13.6. The maximum atomic E-state index is 13.1. The minimum Gasteiger partial charge on any atom is -0.490 e. The van der Waals surface area contributed by atoms with Gasteiger partial charge in [0.2, 0.25) is 0 Å². The fourth-order valence-electron chi connectivity index (χ4n) is 6.41. The topological polar surface area (TPSA) is 94.9 Å². The zero-order valence-electron chi connectivity index (χ0n) is 28.5. The van der Waals surface area contributed by atoms with Crippen LogP contribution in [0, 0.1) is 0 Å². The van der Waals surface area contributed by atoms with Crippen molar-refractivity contribution in [1.82, 2.24) is 15.2 Å². The third-order valence-electron chi connectivity index (χ3n) is 9.66. The van der Waals surface area contributed by atoms with E-state index in [9.17, 15) is 9.90 Å². The molecule has 2 aliphatic rings. The SMILES string of the molecule is CSCCCN(CCCC(C)c1ccc(Cl)c(CNC2(c3cnccc3-c3ccccc3OC3CC3)CC2)c1)C(=O)C(O)CCCCO. The molecule has 1 aromatic heterocycles. The second-order valence-corrected chi connectivity index (χ2v) is 14.9. The monoisotopic (exact) mass is 693 g/mol. The molecule has 2 atom stereocenters. The van der Waals surface area contributed by atoms with E-state index in [2.05, 4.69) is 59.9 Å². The number of hydrogen-bond acceptors (Lipinski definition) is 7. The van der Waals surface area contributed by atoms with Gasteiger partial charge >= 0.3 is 0 Å². The molecule has 5 rings (SSSR count). The molecule has 3 aromatic rings. The van der Waals surface area contributed by atoms with Gasteiger partial charge in [0.05, 0.1) is 6.10 Å². The molecule has 9 heteroatoms. The number of pyridine rings is 1. The summed E-state index contributed by atoms with van der Waals surface area (Å²) in [7, 11) is 0. The highest BCUT2D eigenvalue weighted by atomic mass is 35.5. The number of ether oxygens (including phenoxy) is 1. The Morgan fingerprint density at radius 1 is 1.08 bits per heavy atom. The number of halogens is 1. The summed E-state index contributed by atoms with van der Waals surface area (Å²) in [6, 6.07) is 16.8. The normalized spacial score (nSPS) is 16.4. The van der Waals surface area contributed by atoms with Gasteiger partial charge in [0.25, 0.3) is 5.91 Å². The third kappa shape index (κ3) is 9.97. The van der Waals surface area contributed by atoms with Gasteiger partial charge in [-0.05, 0) is 123 Å². The molecule has 2 aromatic carbocycles. The fourth-order valence-corrected chi connectivity index (χ4v) is 7.01. The van der Waals surface area contributed by atoms with Crippen molar-refractivity contribution in [2.45, 2.75) is 101 Å². The van der Waals surface area contributed by atoms with Crippen molar-refractivity contribution >= 4 is 29.3 Å². The minimum atomic E-state index is -1.00. The van der Waals surface area contributed by atoms with Gasteiger partial charge in [0.15, 0.2) is 0 Å². The number of nitrogens with zero attached hydrogens (tertiary/aromatic N) is 2. The number of rotatable bonds is 21. The fraction of sp³-hybridized carbons (Fsp3) is 0.538. The van der Waals surface area contributed by atoms with E-state index in [0.29, 0.717) is 50.9 Å². The summed E-state index contributed by atoms with van der Waals surface area (Å²) in [4.78, 5) is 19.4. The van der Waals surface area contributed by atoms with Crippen LogP contribution in [0.25, 0.3) is 11.1 Å². The summed E-state index contributed by atoms with van der Waals surface area (Å²) in [5.74, 6) is 2.02. The molecule has 3 N–H and O–H groups in total. The molecule has 2 unspecified atom stereocenters. The highest BCUT2D eigenvalue weighted by Crippen LogP contribution is 2.50. The smallest absolute Gasteiger partial charge is 0.251 e. The maximum absolute atomic E-state index is 13.1. The van der Waals surface area contributed by atoms with Crippen molar-refractivity contribution in [3.63, 3.8) is 0 Å². The number of thioether (sulfide) groups is 1. The molecule has 0 radical (unpaired) electrons. The molecule has 0 spiro atoms. The number of nitrogens with one attached hydrogen (secondary N) is 1. The summed E-state index contributed by atoms with van der Waals surface area (Å²) in [6.07, 6.45) is 13.9. The summed E-state index contributed by atoms with van der Waals surface area (Å²) in [5, 5.41) is 24.2. The molecule has 0 aliphatic heterocycles. The summed E-state index contributed by atoms with van der Waals surface area (Å²) in [5.41, 5.74) is 5.64. The molecule has 260 valence electrons. The number of aromatic nitrogens is 1. The van der Waals surface area contributed by atoms with Gasteiger partial charge in [-0.3, -0.25) is 9.78 Å². The number of hydrogen-bond donors (Lipinski definition) is 3. The third-order valence-corrected chi connectivity index (χ3v) is 10.7. The lowest BCUT2D eigenvalue weighted by molar-refractivity contribution is -0.140. The van der Waals surface area contributed by atoms with E-state index in [1.165, 1.54) is 16.7 Å². The lowest BCUT2D eigenvalue weighted by atomic mass is 9.93. The van der Waals surface area contributed by atoms with E-state index < -0.39 is 6.10 Å². The Bertz CT molecular complexity index is 1480. The van der Waals surface area contributed by atoms with E-state index in [0.717, 1.165) is 72.6 Å². The number of unbranched alkanes of at least 4 members (excludes halogenated alkanes) is 1. The van der Waals surface area contributed by atoms with Crippen LogP contribution in [0.4, 0.5) is 0 Å².